The molecule has 1 saturated carbocycles. The van der Waals surface area contributed by atoms with E-state index >= 15 is 0 Å². The maximum Gasteiger partial charge on any atom is 0.305 e. The number of rotatable bonds is 5. The van der Waals surface area contributed by atoms with Crippen molar-refractivity contribution in [1.82, 2.24) is 0 Å². The summed E-state index contributed by atoms with van der Waals surface area (Å²) in [6.45, 7) is 2.32. The van der Waals surface area contributed by atoms with Crippen LogP contribution in [0.25, 0.3) is 0 Å². The minimum absolute atomic E-state index is 0.0670. The third-order valence-corrected chi connectivity index (χ3v) is 4.25. The molecule has 1 aliphatic rings. The molecule has 110 valence electrons. The normalized spacial score (nSPS) is 22.4. The first kappa shape index (κ1) is 14.9. The van der Waals surface area contributed by atoms with E-state index < -0.39 is 0 Å². The number of aromatic hydroxyl groups is 1. The van der Waals surface area contributed by atoms with E-state index in [0.717, 1.165) is 19.3 Å². The fourth-order valence-electron chi connectivity index (χ4n) is 3.12. The van der Waals surface area contributed by atoms with Crippen molar-refractivity contribution in [3.63, 3.8) is 0 Å². The Hall–Kier alpha value is -1.51. The SMILES string of the molecule is CCOC(=O)CCC1CCC(c2cccc(O)c2)CC1. The first-order valence-electron chi connectivity index (χ1n) is 7.63. The summed E-state index contributed by atoms with van der Waals surface area (Å²) >= 11 is 0. The Kier molecular flexibility index (Phi) is 5.45. The Morgan fingerprint density at radius 1 is 1.30 bits per heavy atom. The molecular weight excluding hydrogens is 252 g/mol. The van der Waals surface area contributed by atoms with E-state index in [1.807, 2.05) is 19.1 Å². The minimum atomic E-state index is -0.0670. The largest absolute Gasteiger partial charge is 0.508 e. The van der Waals surface area contributed by atoms with Crippen LogP contribution in [0.5, 0.6) is 5.75 Å². The standard InChI is InChI=1S/C17H24O3/c1-2-20-17(19)11-8-13-6-9-14(10-7-13)15-4-3-5-16(18)12-15/h3-5,12-14,18H,2,6-11H2,1H3. The molecule has 0 saturated heterocycles. The number of esters is 1. The number of carbonyl (C=O) groups is 1. The van der Waals surface area contributed by atoms with Gasteiger partial charge in [-0.3, -0.25) is 4.79 Å². The average molecular weight is 276 g/mol. The van der Waals surface area contributed by atoms with Crippen LogP contribution in [0.2, 0.25) is 0 Å². The highest BCUT2D eigenvalue weighted by atomic mass is 16.5. The number of benzene rings is 1. The van der Waals surface area contributed by atoms with Crippen LogP contribution in [0.15, 0.2) is 24.3 Å². The van der Waals surface area contributed by atoms with E-state index in [-0.39, 0.29) is 5.97 Å². The van der Waals surface area contributed by atoms with Gasteiger partial charge in [-0.15, -0.1) is 0 Å². The van der Waals surface area contributed by atoms with Crippen LogP contribution in [-0.4, -0.2) is 17.7 Å². The molecule has 3 heteroatoms. The van der Waals surface area contributed by atoms with Crippen molar-refractivity contribution in [3.05, 3.63) is 29.8 Å². The van der Waals surface area contributed by atoms with Crippen molar-refractivity contribution in [2.75, 3.05) is 6.61 Å². The van der Waals surface area contributed by atoms with Gasteiger partial charge in [-0.25, -0.2) is 0 Å². The van der Waals surface area contributed by atoms with Gasteiger partial charge in [-0.2, -0.15) is 0 Å². The summed E-state index contributed by atoms with van der Waals surface area (Å²) in [5, 5.41) is 9.54. The van der Waals surface area contributed by atoms with Crippen LogP contribution in [0.1, 0.15) is 56.9 Å². The fraction of sp³-hybridized carbons (Fsp3) is 0.588. The number of hydrogen-bond acceptors (Lipinski definition) is 3. The number of carbonyl (C=O) groups excluding carboxylic acids is 1. The summed E-state index contributed by atoms with van der Waals surface area (Å²) < 4.78 is 4.97. The monoisotopic (exact) mass is 276 g/mol. The summed E-state index contributed by atoms with van der Waals surface area (Å²) in [7, 11) is 0. The van der Waals surface area contributed by atoms with Crippen LogP contribution < -0.4 is 0 Å². The molecule has 0 spiro atoms. The number of hydrogen-bond donors (Lipinski definition) is 1. The van der Waals surface area contributed by atoms with Gasteiger partial charge < -0.3 is 9.84 Å². The second-order valence-corrected chi connectivity index (χ2v) is 5.66. The molecule has 2 rings (SSSR count). The molecule has 0 aromatic heterocycles. The Morgan fingerprint density at radius 3 is 2.70 bits per heavy atom. The molecule has 0 aliphatic heterocycles. The van der Waals surface area contributed by atoms with E-state index in [0.29, 0.717) is 30.6 Å². The third-order valence-electron chi connectivity index (χ3n) is 4.25. The first-order valence-corrected chi connectivity index (χ1v) is 7.63. The summed E-state index contributed by atoms with van der Waals surface area (Å²) in [4.78, 5) is 11.4. The van der Waals surface area contributed by atoms with E-state index in [9.17, 15) is 9.90 Å². The Morgan fingerprint density at radius 2 is 2.05 bits per heavy atom. The zero-order chi connectivity index (χ0) is 14.4. The lowest BCUT2D eigenvalue weighted by atomic mass is 9.77. The van der Waals surface area contributed by atoms with Gasteiger partial charge in [0.2, 0.25) is 0 Å². The smallest absolute Gasteiger partial charge is 0.305 e. The zero-order valence-corrected chi connectivity index (χ0v) is 12.2. The first-order chi connectivity index (χ1) is 9.69. The molecule has 0 amide bonds. The molecule has 20 heavy (non-hydrogen) atoms. The maximum absolute atomic E-state index is 11.4. The van der Waals surface area contributed by atoms with Gasteiger partial charge >= 0.3 is 5.97 Å². The lowest BCUT2D eigenvalue weighted by Gasteiger charge is -2.28. The molecule has 0 heterocycles. The molecule has 0 atom stereocenters. The van der Waals surface area contributed by atoms with Gasteiger partial charge in [-0.1, -0.05) is 12.1 Å². The number of phenols is 1. The summed E-state index contributed by atoms with van der Waals surface area (Å²) in [5.41, 5.74) is 1.24. The van der Waals surface area contributed by atoms with Gasteiger partial charge in [-0.05, 0) is 68.6 Å². The second-order valence-electron chi connectivity index (χ2n) is 5.66. The Labute approximate surface area is 121 Å². The predicted molar refractivity (Wildman–Crippen MR) is 78.7 cm³/mol. The summed E-state index contributed by atoms with van der Waals surface area (Å²) in [6.07, 6.45) is 6.13. The molecular formula is C17H24O3. The van der Waals surface area contributed by atoms with Crippen LogP contribution >= 0.6 is 0 Å². The Balaban J connectivity index is 1.76. The van der Waals surface area contributed by atoms with Crippen molar-refractivity contribution in [3.8, 4) is 5.75 Å². The Bertz CT molecular complexity index is 434. The van der Waals surface area contributed by atoms with Crippen LogP contribution in [0.3, 0.4) is 0 Å². The van der Waals surface area contributed by atoms with Crippen molar-refractivity contribution in [2.45, 2.75) is 51.4 Å². The molecule has 1 aromatic carbocycles. The van der Waals surface area contributed by atoms with Crippen molar-refractivity contribution in [1.29, 1.82) is 0 Å². The molecule has 1 N–H and O–H groups in total. The molecule has 1 aliphatic carbocycles. The van der Waals surface area contributed by atoms with Crippen LogP contribution in [0, 0.1) is 5.92 Å². The maximum atomic E-state index is 11.4. The van der Waals surface area contributed by atoms with E-state index in [1.165, 1.54) is 18.4 Å². The number of ether oxygens (including phenoxy) is 1. The number of phenolic OH excluding ortho intramolecular Hbond substituents is 1. The molecule has 0 bridgehead atoms. The highest BCUT2D eigenvalue weighted by Crippen LogP contribution is 2.38. The van der Waals surface area contributed by atoms with Gasteiger partial charge in [0.05, 0.1) is 6.61 Å². The quantitative estimate of drug-likeness (QED) is 0.826. The molecule has 0 unspecified atom stereocenters. The van der Waals surface area contributed by atoms with Crippen LogP contribution in [-0.2, 0) is 9.53 Å². The van der Waals surface area contributed by atoms with Crippen molar-refractivity contribution < 1.29 is 14.6 Å². The highest BCUT2D eigenvalue weighted by Gasteiger charge is 2.23. The topological polar surface area (TPSA) is 46.5 Å². The van der Waals surface area contributed by atoms with E-state index in [1.54, 1.807) is 6.07 Å². The van der Waals surface area contributed by atoms with E-state index in [4.69, 9.17) is 4.74 Å². The van der Waals surface area contributed by atoms with Gasteiger partial charge in [0, 0.05) is 6.42 Å². The minimum Gasteiger partial charge on any atom is -0.508 e. The lowest BCUT2D eigenvalue weighted by molar-refractivity contribution is -0.143. The summed E-state index contributed by atoms with van der Waals surface area (Å²) in [5.74, 6) is 1.49. The van der Waals surface area contributed by atoms with Gasteiger partial charge in [0.15, 0.2) is 0 Å². The van der Waals surface area contributed by atoms with Crippen molar-refractivity contribution >= 4 is 5.97 Å². The molecule has 0 radical (unpaired) electrons. The molecule has 3 nitrogen and oxygen atoms in total. The third kappa shape index (κ3) is 4.26. The van der Waals surface area contributed by atoms with Gasteiger partial charge in [0.1, 0.15) is 5.75 Å². The zero-order valence-electron chi connectivity index (χ0n) is 12.2. The van der Waals surface area contributed by atoms with E-state index in [2.05, 4.69) is 6.07 Å². The predicted octanol–water partition coefficient (Wildman–Crippen LogP) is 4.01. The second kappa shape index (κ2) is 7.32. The van der Waals surface area contributed by atoms with Crippen LogP contribution in [0.4, 0.5) is 0 Å². The molecule has 1 fully saturated rings. The van der Waals surface area contributed by atoms with Gasteiger partial charge in [0.25, 0.3) is 0 Å². The lowest BCUT2D eigenvalue weighted by Crippen LogP contribution is -2.15. The average Bonchev–Trinajstić information content (AvgIpc) is 2.46. The fourth-order valence-corrected chi connectivity index (χ4v) is 3.12. The van der Waals surface area contributed by atoms with Crippen molar-refractivity contribution in [2.24, 2.45) is 5.92 Å². The molecule has 1 aromatic rings. The summed E-state index contributed by atoms with van der Waals surface area (Å²) in [6, 6.07) is 7.61. The highest BCUT2D eigenvalue weighted by molar-refractivity contribution is 5.69.